The first-order valence-electron chi connectivity index (χ1n) is 7.16. The molecule has 2 rings (SSSR count). The molecule has 2 atom stereocenters. The summed E-state index contributed by atoms with van der Waals surface area (Å²) in [6, 6.07) is 16.4. The van der Waals surface area contributed by atoms with E-state index in [0.29, 0.717) is 5.56 Å². The maximum atomic E-state index is 12.4. The molecule has 23 heavy (non-hydrogen) atoms. The minimum atomic E-state index is -3.77. The van der Waals surface area contributed by atoms with Crippen molar-refractivity contribution in [2.75, 3.05) is 6.61 Å². The Hall–Kier alpha value is -2.20. The van der Waals surface area contributed by atoms with Gasteiger partial charge in [0, 0.05) is 0 Å². The van der Waals surface area contributed by atoms with Gasteiger partial charge in [-0.2, -0.15) is 5.26 Å². The van der Waals surface area contributed by atoms with Gasteiger partial charge in [-0.1, -0.05) is 37.3 Å². The van der Waals surface area contributed by atoms with Crippen LogP contribution in [0.1, 0.15) is 24.0 Å². The second kappa shape index (κ2) is 7.38. The number of benzene rings is 2. The molecular formula is C17H18N2O3S. The summed E-state index contributed by atoms with van der Waals surface area (Å²) >= 11 is 0. The van der Waals surface area contributed by atoms with Crippen molar-refractivity contribution in [3.63, 3.8) is 0 Å². The minimum absolute atomic E-state index is 0.0650. The van der Waals surface area contributed by atoms with Crippen molar-refractivity contribution >= 4 is 10.0 Å². The van der Waals surface area contributed by atoms with E-state index < -0.39 is 16.1 Å². The van der Waals surface area contributed by atoms with E-state index in [4.69, 9.17) is 5.26 Å². The highest BCUT2D eigenvalue weighted by Crippen LogP contribution is 2.21. The van der Waals surface area contributed by atoms with Crippen LogP contribution < -0.4 is 4.72 Å². The van der Waals surface area contributed by atoms with Crippen LogP contribution in [0.5, 0.6) is 0 Å². The molecule has 0 aliphatic rings. The zero-order valence-corrected chi connectivity index (χ0v) is 13.5. The molecular weight excluding hydrogens is 312 g/mol. The number of nitriles is 1. The van der Waals surface area contributed by atoms with E-state index in [1.807, 2.05) is 43.3 Å². The van der Waals surface area contributed by atoms with Gasteiger partial charge in [0.2, 0.25) is 10.0 Å². The van der Waals surface area contributed by atoms with Crippen molar-refractivity contribution in [3.8, 4) is 6.07 Å². The number of aliphatic hydroxyl groups is 1. The Labute approximate surface area is 136 Å². The van der Waals surface area contributed by atoms with Crippen molar-refractivity contribution in [1.29, 1.82) is 5.26 Å². The maximum Gasteiger partial charge on any atom is 0.240 e. The highest BCUT2D eigenvalue weighted by atomic mass is 32.2. The van der Waals surface area contributed by atoms with Gasteiger partial charge in [0.15, 0.2) is 0 Å². The molecule has 6 heteroatoms. The van der Waals surface area contributed by atoms with Crippen LogP contribution >= 0.6 is 0 Å². The SMILES string of the molecule is C[C@@H](c1ccccc1)[C@@H](CO)NS(=O)(=O)c1ccc(C#N)cc1. The largest absolute Gasteiger partial charge is 0.395 e. The molecule has 0 amide bonds. The van der Waals surface area contributed by atoms with Gasteiger partial charge < -0.3 is 5.11 Å². The van der Waals surface area contributed by atoms with Gasteiger partial charge in [0.05, 0.1) is 29.2 Å². The zero-order valence-electron chi connectivity index (χ0n) is 12.7. The molecule has 0 spiro atoms. The van der Waals surface area contributed by atoms with Crippen molar-refractivity contribution < 1.29 is 13.5 Å². The number of sulfonamides is 1. The summed E-state index contributed by atoms with van der Waals surface area (Å²) in [6.45, 7) is 1.54. The molecule has 0 bridgehead atoms. The van der Waals surface area contributed by atoms with Crippen LogP contribution in [0.2, 0.25) is 0 Å². The van der Waals surface area contributed by atoms with Crippen LogP contribution in [0, 0.1) is 11.3 Å². The Bertz CT molecular complexity index is 781. The first kappa shape index (κ1) is 17.2. The third-order valence-corrected chi connectivity index (χ3v) is 5.23. The monoisotopic (exact) mass is 330 g/mol. The first-order valence-corrected chi connectivity index (χ1v) is 8.64. The Morgan fingerprint density at radius 3 is 2.26 bits per heavy atom. The van der Waals surface area contributed by atoms with E-state index in [9.17, 15) is 13.5 Å². The minimum Gasteiger partial charge on any atom is -0.395 e. The van der Waals surface area contributed by atoms with Gasteiger partial charge in [-0.15, -0.1) is 0 Å². The molecule has 0 fully saturated rings. The Kier molecular flexibility index (Phi) is 5.50. The molecule has 0 saturated carbocycles. The number of aliphatic hydroxyl groups excluding tert-OH is 1. The summed E-state index contributed by atoms with van der Waals surface area (Å²) in [5, 5.41) is 18.3. The number of nitrogens with one attached hydrogen (secondary N) is 1. The van der Waals surface area contributed by atoms with Crippen molar-refractivity contribution in [3.05, 3.63) is 65.7 Å². The summed E-state index contributed by atoms with van der Waals surface area (Å²) in [4.78, 5) is 0.0650. The number of hydrogen-bond acceptors (Lipinski definition) is 4. The molecule has 0 saturated heterocycles. The van der Waals surface area contributed by atoms with Crippen molar-refractivity contribution in [2.24, 2.45) is 0 Å². The fraction of sp³-hybridized carbons (Fsp3) is 0.235. The van der Waals surface area contributed by atoms with Crippen LogP contribution in [0.25, 0.3) is 0 Å². The fourth-order valence-corrected chi connectivity index (χ4v) is 3.57. The lowest BCUT2D eigenvalue weighted by atomic mass is 9.94. The fourth-order valence-electron chi connectivity index (χ4n) is 2.26. The average molecular weight is 330 g/mol. The normalized spacial score (nSPS) is 14.0. The van der Waals surface area contributed by atoms with E-state index in [2.05, 4.69) is 4.72 Å². The lowest BCUT2D eigenvalue weighted by molar-refractivity contribution is 0.242. The van der Waals surface area contributed by atoms with Crippen LogP contribution in [0.15, 0.2) is 59.5 Å². The Morgan fingerprint density at radius 2 is 1.74 bits per heavy atom. The van der Waals surface area contributed by atoms with E-state index in [-0.39, 0.29) is 17.4 Å². The lowest BCUT2D eigenvalue weighted by Gasteiger charge is -2.23. The van der Waals surface area contributed by atoms with Gasteiger partial charge in [-0.3, -0.25) is 0 Å². The highest BCUT2D eigenvalue weighted by molar-refractivity contribution is 7.89. The van der Waals surface area contributed by atoms with Gasteiger partial charge in [0.1, 0.15) is 0 Å². The predicted octanol–water partition coefficient (Wildman–Crippen LogP) is 2.00. The smallest absolute Gasteiger partial charge is 0.240 e. The number of rotatable bonds is 6. The lowest BCUT2D eigenvalue weighted by Crippen LogP contribution is -2.41. The second-order valence-corrected chi connectivity index (χ2v) is 6.96. The number of hydrogen-bond donors (Lipinski definition) is 2. The first-order chi connectivity index (χ1) is 11.0. The molecule has 2 aromatic rings. The number of nitrogens with zero attached hydrogens (tertiary/aromatic N) is 1. The Balaban J connectivity index is 2.21. The molecule has 2 N–H and O–H groups in total. The van der Waals surface area contributed by atoms with E-state index >= 15 is 0 Å². The van der Waals surface area contributed by atoms with Crippen LogP contribution in [0.3, 0.4) is 0 Å². The second-order valence-electron chi connectivity index (χ2n) is 5.25. The Morgan fingerprint density at radius 1 is 1.13 bits per heavy atom. The zero-order chi connectivity index (χ0) is 16.9. The summed E-state index contributed by atoms with van der Waals surface area (Å²) in [7, 11) is -3.77. The molecule has 0 heterocycles. The standard InChI is InChI=1S/C17H18N2O3S/c1-13(15-5-3-2-4-6-15)17(12-20)19-23(21,22)16-9-7-14(11-18)8-10-16/h2-10,13,17,19-20H,12H2,1H3/t13-,17+/m0/s1. The van der Waals surface area contributed by atoms with E-state index in [1.165, 1.54) is 24.3 Å². The molecule has 2 aromatic carbocycles. The van der Waals surface area contributed by atoms with Gasteiger partial charge in [-0.25, -0.2) is 13.1 Å². The molecule has 0 aromatic heterocycles. The van der Waals surface area contributed by atoms with Crippen molar-refractivity contribution in [2.45, 2.75) is 23.8 Å². The van der Waals surface area contributed by atoms with Crippen molar-refractivity contribution in [1.82, 2.24) is 4.72 Å². The highest BCUT2D eigenvalue weighted by Gasteiger charge is 2.25. The van der Waals surface area contributed by atoms with E-state index in [1.54, 1.807) is 0 Å². The molecule has 0 unspecified atom stereocenters. The molecule has 0 aliphatic heterocycles. The summed E-state index contributed by atoms with van der Waals surface area (Å²) in [5.74, 6) is -0.186. The van der Waals surface area contributed by atoms with Gasteiger partial charge >= 0.3 is 0 Å². The summed E-state index contributed by atoms with van der Waals surface area (Å²) < 4.78 is 27.4. The third kappa shape index (κ3) is 4.17. The predicted molar refractivity (Wildman–Crippen MR) is 87.2 cm³/mol. The quantitative estimate of drug-likeness (QED) is 0.847. The van der Waals surface area contributed by atoms with Gasteiger partial charge in [0.25, 0.3) is 0 Å². The third-order valence-electron chi connectivity index (χ3n) is 3.73. The molecule has 0 radical (unpaired) electrons. The summed E-state index contributed by atoms with van der Waals surface area (Å²) in [5.41, 5.74) is 1.33. The topological polar surface area (TPSA) is 90.2 Å². The molecule has 120 valence electrons. The maximum absolute atomic E-state index is 12.4. The van der Waals surface area contributed by atoms with Crippen LogP contribution in [0.4, 0.5) is 0 Å². The molecule has 5 nitrogen and oxygen atoms in total. The van der Waals surface area contributed by atoms with E-state index in [0.717, 1.165) is 5.56 Å². The van der Waals surface area contributed by atoms with Crippen LogP contribution in [-0.2, 0) is 10.0 Å². The summed E-state index contributed by atoms with van der Waals surface area (Å²) in [6.07, 6.45) is 0. The average Bonchev–Trinajstić information content (AvgIpc) is 2.60. The van der Waals surface area contributed by atoms with Gasteiger partial charge in [-0.05, 0) is 35.7 Å². The van der Waals surface area contributed by atoms with Crippen LogP contribution in [-0.4, -0.2) is 26.2 Å². The molecule has 0 aliphatic carbocycles.